The highest BCUT2D eigenvalue weighted by Crippen LogP contribution is 2.43. The summed E-state index contributed by atoms with van der Waals surface area (Å²) in [5.41, 5.74) is 11.1. The summed E-state index contributed by atoms with van der Waals surface area (Å²) < 4.78 is 27.3. The second-order valence-electron chi connectivity index (χ2n) is 13.6. The van der Waals surface area contributed by atoms with E-state index in [-0.39, 0.29) is 24.2 Å². The molecule has 0 unspecified atom stereocenters. The number of hydrogen-bond acceptors (Lipinski definition) is 5. The Hall–Kier alpha value is -3.99. The first kappa shape index (κ1) is 33.4. The number of benzene rings is 2. The lowest BCUT2D eigenvalue weighted by Crippen LogP contribution is -2.42. The molecule has 3 heterocycles. The number of carbonyl (C=O) groups excluding carboxylic acids is 2. The fraction of sp³-hybridized carbons (Fsp3) is 0.514. The van der Waals surface area contributed by atoms with Crippen LogP contribution in [-0.4, -0.2) is 70.6 Å². The molecule has 1 saturated heterocycles. The molecule has 6 rings (SSSR count). The number of alkyl halides is 2. The Balaban J connectivity index is 0.000000251. The molecule has 248 valence electrons. The average molecular weight is 638 g/mol. The maximum Gasteiger partial charge on any atom is 0.404 e. The highest BCUT2D eigenvalue weighted by atomic mass is 19.3. The number of carbonyl (C=O) groups is 3. The van der Waals surface area contributed by atoms with Crippen molar-refractivity contribution in [2.24, 2.45) is 11.1 Å². The molecule has 11 heteroatoms. The number of likely N-dealkylation sites (tertiary alicyclic amines) is 1. The minimum absolute atomic E-state index is 0.0907. The molecule has 0 atom stereocenters. The van der Waals surface area contributed by atoms with Crippen LogP contribution in [0.1, 0.15) is 86.1 Å². The van der Waals surface area contributed by atoms with Crippen molar-refractivity contribution in [1.29, 1.82) is 0 Å². The molecule has 1 aliphatic carbocycles. The average Bonchev–Trinajstić information content (AvgIpc) is 3.32. The molecule has 46 heavy (non-hydrogen) atoms. The number of primary amides is 1. The maximum atomic E-state index is 13.1. The van der Waals surface area contributed by atoms with Gasteiger partial charge in [0.2, 0.25) is 5.91 Å². The number of piperidine rings is 1. The number of para-hydroxylation sites is 1. The van der Waals surface area contributed by atoms with E-state index >= 15 is 0 Å². The highest BCUT2D eigenvalue weighted by molar-refractivity contribution is 6.06. The SMILES string of the molecule is CC1(C)CC(=O)n2c(c(-c3ccc(C(N)=O)c(NC4CCCCC4)c3)c3ccccc32)C1.O=C(O)NCCN1CCC(F)(F)CC1. The Morgan fingerprint density at radius 2 is 1.72 bits per heavy atom. The van der Waals surface area contributed by atoms with Crippen molar-refractivity contribution in [3.05, 3.63) is 53.7 Å². The summed E-state index contributed by atoms with van der Waals surface area (Å²) in [6.45, 7) is 5.79. The van der Waals surface area contributed by atoms with Gasteiger partial charge in [0.15, 0.2) is 0 Å². The standard InChI is InChI=1S/C27H31N3O2.C8H14F2N2O2/c1-27(2)15-23-25(20-10-6-7-11-22(20)30(23)24(31)16-27)17-12-13-19(26(28)32)21(14-17)29-18-8-4-3-5-9-18;9-8(10)1-4-12(5-2-8)6-3-11-7(13)14/h6-7,10-14,18,29H,3-5,8-9,15-16H2,1-2H3,(H2,28,32);11H,1-6H2,(H,13,14). The third-order valence-electron chi connectivity index (χ3n) is 9.33. The van der Waals surface area contributed by atoms with Crippen molar-refractivity contribution in [3.8, 4) is 11.1 Å². The summed E-state index contributed by atoms with van der Waals surface area (Å²) in [7, 11) is 0. The van der Waals surface area contributed by atoms with Crippen molar-refractivity contribution in [2.75, 3.05) is 31.5 Å². The summed E-state index contributed by atoms with van der Waals surface area (Å²) in [5.74, 6) is -2.81. The number of nitrogens with two attached hydrogens (primary N) is 1. The monoisotopic (exact) mass is 637 g/mol. The predicted octanol–water partition coefficient (Wildman–Crippen LogP) is 6.75. The Kier molecular flexibility index (Phi) is 10.0. The molecule has 0 bridgehead atoms. The van der Waals surface area contributed by atoms with Crippen LogP contribution in [0.4, 0.5) is 19.3 Å². The molecule has 2 amide bonds. The van der Waals surface area contributed by atoms with Crippen molar-refractivity contribution < 1.29 is 28.3 Å². The van der Waals surface area contributed by atoms with Crippen LogP contribution < -0.4 is 16.4 Å². The Morgan fingerprint density at radius 1 is 1.02 bits per heavy atom. The number of anilines is 1. The summed E-state index contributed by atoms with van der Waals surface area (Å²) in [4.78, 5) is 37.2. The molecule has 9 nitrogen and oxygen atoms in total. The Labute approximate surface area is 268 Å². The van der Waals surface area contributed by atoms with Crippen LogP contribution in [0.5, 0.6) is 0 Å². The van der Waals surface area contributed by atoms with Crippen LogP contribution in [0.15, 0.2) is 42.5 Å². The van der Waals surface area contributed by atoms with E-state index in [1.54, 1.807) is 0 Å². The predicted molar refractivity (Wildman–Crippen MR) is 176 cm³/mol. The number of halogens is 2. The van der Waals surface area contributed by atoms with Gasteiger partial charge >= 0.3 is 6.09 Å². The zero-order chi connectivity index (χ0) is 33.1. The second kappa shape index (κ2) is 13.8. The van der Waals surface area contributed by atoms with Crippen molar-refractivity contribution in [3.63, 3.8) is 0 Å². The molecule has 2 fully saturated rings. The molecule has 1 aromatic heterocycles. The smallest absolute Gasteiger partial charge is 0.404 e. The number of hydrogen-bond donors (Lipinski definition) is 4. The van der Waals surface area contributed by atoms with Gasteiger partial charge in [0, 0.05) is 73.8 Å². The second-order valence-corrected chi connectivity index (χ2v) is 13.6. The zero-order valence-corrected chi connectivity index (χ0v) is 26.7. The third-order valence-corrected chi connectivity index (χ3v) is 9.33. The Morgan fingerprint density at radius 3 is 2.39 bits per heavy atom. The normalized spacial score (nSPS) is 19.5. The third kappa shape index (κ3) is 7.86. The molecule has 3 aliphatic rings. The minimum atomic E-state index is -2.53. The quantitative estimate of drug-likeness (QED) is 0.227. The van der Waals surface area contributed by atoms with Crippen molar-refractivity contribution >= 4 is 34.5 Å². The number of amides is 2. The van der Waals surface area contributed by atoms with Crippen LogP contribution in [0.3, 0.4) is 0 Å². The first-order valence-electron chi connectivity index (χ1n) is 16.3. The number of aromatic nitrogens is 1. The van der Waals surface area contributed by atoms with E-state index in [0.29, 0.717) is 44.2 Å². The van der Waals surface area contributed by atoms with Crippen LogP contribution in [0.25, 0.3) is 22.0 Å². The Bertz CT molecular complexity index is 1590. The molecule has 2 aliphatic heterocycles. The molecule has 1 saturated carbocycles. The van der Waals surface area contributed by atoms with Gasteiger partial charge in [-0.3, -0.25) is 14.2 Å². The van der Waals surface area contributed by atoms with E-state index in [1.165, 1.54) is 19.3 Å². The largest absolute Gasteiger partial charge is 0.465 e. The lowest BCUT2D eigenvalue weighted by atomic mass is 9.80. The summed E-state index contributed by atoms with van der Waals surface area (Å²) in [5, 5.41) is 15.2. The van der Waals surface area contributed by atoms with Crippen molar-refractivity contribution in [2.45, 2.75) is 83.6 Å². The van der Waals surface area contributed by atoms with Gasteiger partial charge in [-0.25, -0.2) is 13.6 Å². The minimum Gasteiger partial charge on any atom is -0.465 e. The summed E-state index contributed by atoms with van der Waals surface area (Å²) >= 11 is 0. The fourth-order valence-electron chi connectivity index (χ4n) is 7.00. The summed E-state index contributed by atoms with van der Waals surface area (Å²) in [6, 6.07) is 14.3. The van der Waals surface area contributed by atoms with Crippen LogP contribution >= 0.6 is 0 Å². The van der Waals surface area contributed by atoms with Crippen LogP contribution in [-0.2, 0) is 6.42 Å². The number of nitrogens with one attached hydrogen (secondary N) is 2. The van der Waals surface area contributed by atoms with Gasteiger partial charge in [0.25, 0.3) is 11.8 Å². The van der Waals surface area contributed by atoms with Crippen molar-refractivity contribution in [1.82, 2.24) is 14.8 Å². The molecule has 0 spiro atoms. The van der Waals surface area contributed by atoms with E-state index in [1.807, 2.05) is 39.8 Å². The number of rotatable bonds is 7. The van der Waals surface area contributed by atoms with Gasteiger partial charge in [-0.2, -0.15) is 0 Å². The number of fused-ring (bicyclic) bond motifs is 3. The van der Waals surface area contributed by atoms with Gasteiger partial charge in [-0.1, -0.05) is 57.4 Å². The first-order chi connectivity index (χ1) is 21.8. The first-order valence-corrected chi connectivity index (χ1v) is 16.3. The molecule has 5 N–H and O–H groups in total. The van der Waals surface area contributed by atoms with Gasteiger partial charge in [0.05, 0.1) is 11.1 Å². The van der Waals surface area contributed by atoms with E-state index in [9.17, 15) is 23.2 Å². The highest BCUT2D eigenvalue weighted by Gasteiger charge is 2.35. The van der Waals surface area contributed by atoms with E-state index < -0.39 is 17.9 Å². The zero-order valence-electron chi connectivity index (χ0n) is 26.7. The fourth-order valence-corrected chi connectivity index (χ4v) is 7.00. The topological polar surface area (TPSA) is 130 Å². The van der Waals surface area contributed by atoms with Gasteiger partial charge in [0.1, 0.15) is 0 Å². The summed E-state index contributed by atoms with van der Waals surface area (Å²) in [6.07, 6.45) is 5.93. The van der Waals surface area contributed by atoms with E-state index in [2.05, 4.69) is 36.6 Å². The molecule has 3 aromatic rings. The maximum absolute atomic E-state index is 13.1. The lowest BCUT2D eigenvalue weighted by molar-refractivity contribution is -0.0547. The van der Waals surface area contributed by atoms with Crippen LogP contribution in [0, 0.1) is 5.41 Å². The lowest BCUT2D eigenvalue weighted by Gasteiger charge is -2.31. The van der Waals surface area contributed by atoms with Gasteiger partial charge in [-0.05, 0) is 48.4 Å². The van der Waals surface area contributed by atoms with E-state index in [0.717, 1.165) is 52.7 Å². The number of nitrogens with zero attached hydrogens (tertiary/aromatic N) is 2. The molecule has 0 radical (unpaired) electrons. The molecule has 2 aromatic carbocycles. The van der Waals surface area contributed by atoms with E-state index in [4.69, 9.17) is 10.8 Å². The van der Waals surface area contributed by atoms with Crippen LogP contribution in [0.2, 0.25) is 0 Å². The van der Waals surface area contributed by atoms with Gasteiger partial charge in [-0.15, -0.1) is 0 Å². The van der Waals surface area contributed by atoms with Gasteiger partial charge < -0.3 is 26.4 Å². The molecular formula is C35H45F2N5O4. The molecular weight excluding hydrogens is 592 g/mol. The number of carboxylic acid groups (broad SMARTS) is 1.